The molecule has 2 atom stereocenters. The second-order valence-corrected chi connectivity index (χ2v) is 9.54. The highest BCUT2D eigenvalue weighted by Gasteiger charge is 2.34. The third kappa shape index (κ3) is 4.28. The van der Waals surface area contributed by atoms with E-state index in [2.05, 4.69) is 5.32 Å². The summed E-state index contributed by atoms with van der Waals surface area (Å²) >= 11 is 0. The van der Waals surface area contributed by atoms with Crippen molar-refractivity contribution in [3.8, 4) is 0 Å². The number of amides is 3. The fourth-order valence-corrected chi connectivity index (χ4v) is 4.60. The number of piperidine rings is 2. The Bertz CT molecular complexity index is 1110. The summed E-state index contributed by atoms with van der Waals surface area (Å²) in [6.45, 7) is 6.41. The number of ether oxygens (including phenoxy) is 1. The minimum atomic E-state index is -0.736. The van der Waals surface area contributed by atoms with Crippen LogP contribution in [0.2, 0.25) is 0 Å². The summed E-state index contributed by atoms with van der Waals surface area (Å²) in [5, 5.41) is 2.34. The molecule has 2 unspecified atom stereocenters. The molecular formula is C23H30N4O5. The van der Waals surface area contributed by atoms with Crippen LogP contribution in [0.4, 0.5) is 4.79 Å². The molecule has 9 nitrogen and oxygen atoms in total. The molecular weight excluding hydrogens is 412 g/mol. The average molecular weight is 443 g/mol. The Balaban J connectivity index is 1.69. The predicted octanol–water partition coefficient (Wildman–Crippen LogP) is 2.57. The number of aromatic nitrogens is 2. The minimum absolute atomic E-state index is 0.183. The van der Waals surface area contributed by atoms with E-state index in [1.165, 1.54) is 4.57 Å². The molecule has 1 N–H and O–H groups in total. The van der Waals surface area contributed by atoms with E-state index in [0.29, 0.717) is 24.1 Å². The maximum Gasteiger partial charge on any atom is 0.410 e. The summed E-state index contributed by atoms with van der Waals surface area (Å²) in [6, 6.07) is 6.40. The fraction of sp³-hybridized carbons (Fsp3) is 0.565. The fourth-order valence-electron chi connectivity index (χ4n) is 4.60. The summed E-state index contributed by atoms with van der Waals surface area (Å²) in [7, 11) is 0. The van der Waals surface area contributed by atoms with Gasteiger partial charge < -0.3 is 9.64 Å². The number of para-hydroxylation sites is 2. The molecule has 0 spiro atoms. The van der Waals surface area contributed by atoms with Gasteiger partial charge in [-0.15, -0.1) is 0 Å². The largest absolute Gasteiger partial charge is 0.444 e. The molecule has 172 valence electrons. The van der Waals surface area contributed by atoms with Gasteiger partial charge >= 0.3 is 11.8 Å². The Labute approximate surface area is 186 Å². The molecule has 3 amide bonds. The molecule has 0 radical (unpaired) electrons. The van der Waals surface area contributed by atoms with Crippen molar-refractivity contribution in [3.63, 3.8) is 0 Å². The van der Waals surface area contributed by atoms with Crippen molar-refractivity contribution in [2.24, 2.45) is 0 Å². The maximum atomic E-state index is 13.5. The van der Waals surface area contributed by atoms with Gasteiger partial charge in [0.1, 0.15) is 11.6 Å². The van der Waals surface area contributed by atoms with Gasteiger partial charge in [0.2, 0.25) is 11.8 Å². The van der Waals surface area contributed by atoms with Crippen LogP contribution >= 0.6 is 0 Å². The van der Waals surface area contributed by atoms with Crippen LogP contribution in [0.15, 0.2) is 29.1 Å². The zero-order chi connectivity index (χ0) is 23.0. The summed E-state index contributed by atoms with van der Waals surface area (Å²) in [4.78, 5) is 52.2. The number of carbonyl (C=O) groups excluding carboxylic acids is 3. The number of fused-ring (bicyclic) bond motifs is 1. The molecule has 2 saturated heterocycles. The zero-order valence-corrected chi connectivity index (χ0v) is 18.8. The van der Waals surface area contributed by atoms with Crippen molar-refractivity contribution in [2.45, 2.75) is 77.1 Å². The number of imidazole rings is 1. The lowest BCUT2D eigenvalue weighted by molar-refractivity contribution is -0.135. The lowest BCUT2D eigenvalue weighted by atomic mass is 10.0. The Morgan fingerprint density at radius 2 is 1.81 bits per heavy atom. The monoisotopic (exact) mass is 442 g/mol. The van der Waals surface area contributed by atoms with Crippen LogP contribution in [0.3, 0.4) is 0 Å². The molecule has 2 aliphatic rings. The van der Waals surface area contributed by atoms with Crippen LogP contribution in [-0.2, 0) is 20.9 Å². The van der Waals surface area contributed by atoms with E-state index < -0.39 is 17.6 Å². The molecule has 2 fully saturated rings. The smallest absolute Gasteiger partial charge is 0.410 e. The van der Waals surface area contributed by atoms with E-state index in [1.54, 1.807) is 9.47 Å². The van der Waals surface area contributed by atoms with Crippen LogP contribution in [0.5, 0.6) is 0 Å². The van der Waals surface area contributed by atoms with E-state index >= 15 is 0 Å². The van der Waals surface area contributed by atoms with Gasteiger partial charge in [0, 0.05) is 19.5 Å². The predicted molar refractivity (Wildman–Crippen MR) is 118 cm³/mol. The van der Waals surface area contributed by atoms with E-state index in [0.717, 1.165) is 19.3 Å². The first-order valence-electron chi connectivity index (χ1n) is 11.2. The topological polar surface area (TPSA) is 103 Å². The lowest BCUT2D eigenvalue weighted by Crippen LogP contribution is -2.49. The van der Waals surface area contributed by atoms with E-state index in [4.69, 9.17) is 4.74 Å². The summed E-state index contributed by atoms with van der Waals surface area (Å²) in [6.07, 6.45) is 2.73. The average Bonchev–Trinajstić information content (AvgIpc) is 2.99. The van der Waals surface area contributed by atoms with Crippen LogP contribution < -0.4 is 11.0 Å². The van der Waals surface area contributed by atoms with Crippen molar-refractivity contribution in [1.29, 1.82) is 0 Å². The Hall–Kier alpha value is -3.10. The summed E-state index contributed by atoms with van der Waals surface area (Å²) < 4.78 is 8.73. The number of likely N-dealkylation sites (tertiary alicyclic amines) is 1. The Kier molecular flexibility index (Phi) is 5.83. The number of nitrogens with one attached hydrogen (secondary N) is 1. The molecule has 4 rings (SSSR count). The number of hydrogen-bond donors (Lipinski definition) is 1. The van der Waals surface area contributed by atoms with Gasteiger partial charge in [-0.2, -0.15) is 0 Å². The third-order valence-corrected chi connectivity index (χ3v) is 6.04. The molecule has 3 heterocycles. The van der Waals surface area contributed by atoms with Crippen molar-refractivity contribution < 1.29 is 19.1 Å². The van der Waals surface area contributed by atoms with Crippen LogP contribution in [0, 0.1) is 0 Å². The molecule has 9 heteroatoms. The summed E-state index contributed by atoms with van der Waals surface area (Å²) in [5.74, 6) is -0.780. The second-order valence-electron chi connectivity index (χ2n) is 9.54. The number of imide groups is 1. The van der Waals surface area contributed by atoms with Gasteiger partial charge in [-0.3, -0.25) is 24.0 Å². The van der Waals surface area contributed by atoms with Crippen molar-refractivity contribution >= 4 is 28.9 Å². The van der Waals surface area contributed by atoms with E-state index in [-0.39, 0.29) is 36.6 Å². The van der Waals surface area contributed by atoms with Crippen molar-refractivity contribution in [3.05, 3.63) is 34.7 Å². The van der Waals surface area contributed by atoms with Crippen molar-refractivity contribution in [1.82, 2.24) is 19.4 Å². The number of benzene rings is 1. The van der Waals surface area contributed by atoms with Crippen LogP contribution in [0.25, 0.3) is 11.0 Å². The maximum absolute atomic E-state index is 13.5. The number of hydrogen-bond acceptors (Lipinski definition) is 5. The number of carbonyl (C=O) groups is 3. The second kappa shape index (κ2) is 8.44. The quantitative estimate of drug-likeness (QED) is 0.736. The minimum Gasteiger partial charge on any atom is -0.444 e. The first-order chi connectivity index (χ1) is 15.2. The molecule has 1 aromatic heterocycles. The third-order valence-electron chi connectivity index (χ3n) is 6.04. The first-order valence-corrected chi connectivity index (χ1v) is 11.2. The van der Waals surface area contributed by atoms with E-state index in [1.807, 2.05) is 45.0 Å². The highest BCUT2D eigenvalue weighted by Crippen LogP contribution is 2.26. The molecule has 0 saturated carbocycles. The number of rotatable bonds is 3. The molecule has 0 aliphatic carbocycles. The molecule has 32 heavy (non-hydrogen) atoms. The number of nitrogens with zero attached hydrogens (tertiary/aromatic N) is 3. The highest BCUT2D eigenvalue weighted by atomic mass is 16.6. The van der Waals surface area contributed by atoms with Gasteiger partial charge in [0.05, 0.1) is 17.1 Å². The van der Waals surface area contributed by atoms with Crippen molar-refractivity contribution in [2.75, 3.05) is 6.54 Å². The standard InChI is InChI=1S/C23H30N4O5/c1-23(2,3)32-22(31)25-13-7-6-8-15(25)14-26-16-9-4-5-10-17(16)27(21(26)30)18-11-12-19(28)24-20(18)29/h4-5,9-10,15,18H,6-8,11-14H2,1-3H3,(H,24,28,29). The zero-order valence-electron chi connectivity index (χ0n) is 18.8. The summed E-state index contributed by atoms with van der Waals surface area (Å²) in [5.41, 5.74) is 0.441. The molecule has 1 aromatic carbocycles. The van der Waals surface area contributed by atoms with E-state index in [9.17, 15) is 19.2 Å². The Morgan fingerprint density at radius 1 is 1.09 bits per heavy atom. The van der Waals surface area contributed by atoms with Gasteiger partial charge in [0.25, 0.3) is 0 Å². The van der Waals surface area contributed by atoms with Crippen LogP contribution in [-0.4, -0.2) is 50.1 Å². The first kappa shape index (κ1) is 22.1. The van der Waals surface area contributed by atoms with Gasteiger partial charge in [0.15, 0.2) is 0 Å². The molecule has 0 bridgehead atoms. The highest BCUT2D eigenvalue weighted by molar-refractivity contribution is 6.00. The van der Waals surface area contributed by atoms with Crippen LogP contribution in [0.1, 0.15) is 58.9 Å². The van der Waals surface area contributed by atoms with Gasteiger partial charge in [-0.05, 0) is 58.6 Å². The van der Waals surface area contributed by atoms with Gasteiger partial charge in [-0.25, -0.2) is 9.59 Å². The molecule has 2 aromatic rings. The Morgan fingerprint density at radius 3 is 2.50 bits per heavy atom. The normalized spacial score (nSPS) is 22.2. The lowest BCUT2D eigenvalue weighted by Gasteiger charge is -2.36. The molecule has 2 aliphatic heterocycles. The van der Waals surface area contributed by atoms with Gasteiger partial charge in [-0.1, -0.05) is 12.1 Å². The SMILES string of the molecule is CC(C)(C)OC(=O)N1CCCCC1Cn1c(=O)n(C2CCC(=O)NC2=O)c2ccccc21.